The largest absolute Gasteiger partial charge is 0.480 e. The normalized spacial score (nSPS) is 31.7. The first-order valence-corrected chi connectivity index (χ1v) is 8.39. The van der Waals surface area contributed by atoms with Crippen molar-refractivity contribution in [1.82, 2.24) is 10.6 Å². The topological polar surface area (TPSA) is 116 Å². The number of carboxylic acids is 1. The van der Waals surface area contributed by atoms with Crippen molar-refractivity contribution < 1.29 is 24.6 Å². The van der Waals surface area contributed by atoms with Gasteiger partial charge in [0.05, 0.1) is 17.9 Å². The van der Waals surface area contributed by atoms with Crippen LogP contribution in [0.3, 0.4) is 0 Å². The van der Waals surface area contributed by atoms with Crippen molar-refractivity contribution in [2.45, 2.75) is 24.6 Å². The number of rotatable bonds is 3. The monoisotopic (exact) mass is 354 g/mol. The fourth-order valence-corrected chi connectivity index (χ4v) is 4.41. The summed E-state index contributed by atoms with van der Waals surface area (Å²) in [6.45, 7) is 1.32. The van der Waals surface area contributed by atoms with Crippen molar-refractivity contribution in [3.8, 4) is 0 Å². The van der Waals surface area contributed by atoms with Crippen LogP contribution < -0.4 is 10.6 Å². The molecule has 2 fully saturated rings. The van der Waals surface area contributed by atoms with Crippen molar-refractivity contribution in [2.75, 3.05) is 0 Å². The third kappa shape index (κ3) is 2.04. The molecule has 4 rings (SSSR count). The zero-order chi connectivity index (χ0) is 18.6. The van der Waals surface area contributed by atoms with Gasteiger partial charge in [-0.05, 0) is 23.3 Å². The Hall–Kier alpha value is -2.77. The second kappa shape index (κ2) is 5.62. The lowest BCUT2D eigenvalue weighted by atomic mass is 9.76. The molecule has 5 unspecified atom stereocenters. The highest BCUT2D eigenvalue weighted by atomic mass is 16.4. The maximum absolute atomic E-state index is 12.5. The van der Waals surface area contributed by atoms with E-state index in [1.807, 2.05) is 42.5 Å². The van der Waals surface area contributed by atoms with Gasteiger partial charge in [-0.2, -0.15) is 0 Å². The number of aliphatic hydroxyl groups excluding tert-OH is 1. The van der Waals surface area contributed by atoms with Crippen molar-refractivity contribution >= 4 is 28.6 Å². The summed E-state index contributed by atoms with van der Waals surface area (Å²) in [6.07, 6.45) is -1.37. The number of aliphatic hydroxyl groups is 1. The quantitative estimate of drug-likeness (QED) is 0.599. The third-order valence-electron chi connectivity index (χ3n) is 5.61. The summed E-state index contributed by atoms with van der Waals surface area (Å²) in [5, 5.41) is 27.1. The molecule has 7 nitrogen and oxygen atoms in total. The van der Waals surface area contributed by atoms with E-state index in [0.717, 1.165) is 16.3 Å². The minimum atomic E-state index is -1.93. The minimum absolute atomic E-state index is 0.519. The molecule has 2 aromatic rings. The zero-order valence-electron chi connectivity index (χ0n) is 14.0. The molecule has 26 heavy (non-hydrogen) atoms. The van der Waals surface area contributed by atoms with Gasteiger partial charge in [-0.3, -0.25) is 25.0 Å². The lowest BCUT2D eigenvalue weighted by molar-refractivity contribution is -0.154. The Balaban J connectivity index is 1.94. The highest BCUT2D eigenvalue weighted by Crippen LogP contribution is 2.48. The van der Waals surface area contributed by atoms with Crippen LogP contribution in [0.25, 0.3) is 10.8 Å². The lowest BCUT2D eigenvalue weighted by Gasteiger charge is -2.32. The maximum Gasteiger partial charge on any atom is 0.327 e. The summed E-state index contributed by atoms with van der Waals surface area (Å²) in [6, 6.07) is 12.4. The highest BCUT2D eigenvalue weighted by molar-refractivity contribution is 6.10. The maximum atomic E-state index is 12.5. The second-order valence-corrected chi connectivity index (χ2v) is 6.90. The predicted octanol–water partition coefficient (Wildman–Crippen LogP) is 0.577. The SMILES string of the molecule is CC(O)C1(C(=O)O)NC(c2cccc3ccccc23)C2C(=O)NC(=O)C21. The van der Waals surface area contributed by atoms with Gasteiger partial charge in [-0.25, -0.2) is 0 Å². The number of carboxylic acid groups (broad SMARTS) is 1. The number of hydrogen-bond acceptors (Lipinski definition) is 5. The average Bonchev–Trinajstić information content (AvgIpc) is 3.12. The molecule has 2 amide bonds. The van der Waals surface area contributed by atoms with Crippen LogP contribution in [0.4, 0.5) is 0 Å². The van der Waals surface area contributed by atoms with E-state index in [0.29, 0.717) is 0 Å². The Morgan fingerprint density at radius 2 is 1.81 bits per heavy atom. The molecule has 4 N–H and O–H groups in total. The standard InChI is InChI=1S/C19H18N2O5/c1-9(22)19(18(25)26)14-13(16(23)20-17(14)24)15(21-19)12-8-4-6-10-5-2-3-7-11(10)12/h2-9,13-15,21-22H,1H3,(H,25,26)(H,20,23,24). The Labute approximate surface area is 149 Å². The molecule has 0 spiro atoms. The summed E-state index contributed by atoms with van der Waals surface area (Å²) >= 11 is 0. The smallest absolute Gasteiger partial charge is 0.327 e. The first-order chi connectivity index (χ1) is 12.4. The van der Waals surface area contributed by atoms with E-state index in [9.17, 15) is 24.6 Å². The van der Waals surface area contributed by atoms with Gasteiger partial charge in [-0.1, -0.05) is 42.5 Å². The summed E-state index contributed by atoms with van der Waals surface area (Å²) in [4.78, 5) is 36.9. The number of fused-ring (bicyclic) bond motifs is 2. The number of hydrogen-bond donors (Lipinski definition) is 4. The van der Waals surface area contributed by atoms with Gasteiger partial charge in [-0.15, -0.1) is 0 Å². The van der Waals surface area contributed by atoms with Crippen LogP contribution in [0.1, 0.15) is 18.5 Å². The zero-order valence-corrected chi connectivity index (χ0v) is 14.0. The Morgan fingerprint density at radius 3 is 2.50 bits per heavy atom. The van der Waals surface area contributed by atoms with Gasteiger partial charge in [0, 0.05) is 6.04 Å². The molecule has 0 saturated carbocycles. The average molecular weight is 354 g/mol. The number of carbonyl (C=O) groups excluding carboxylic acids is 2. The highest BCUT2D eigenvalue weighted by Gasteiger charge is 2.68. The molecule has 2 aromatic carbocycles. The van der Waals surface area contributed by atoms with Crippen molar-refractivity contribution in [3.05, 3.63) is 48.0 Å². The number of aliphatic carboxylic acids is 1. The minimum Gasteiger partial charge on any atom is -0.480 e. The predicted molar refractivity (Wildman–Crippen MR) is 92.0 cm³/mol. The molecule has 2 heterocycles. The van der Waals surface area contributed by atoms with E-state index in [2.05, 4.69) is 10.6 Å². The van der Waals surface area contributed by atoms with Crippen LogP contribution >= 0.6 is 0 Å². The van der Waals surface area contributed by atoms with Crippen LogP contribution in [0.2, 0.25) is 0 Å². The molecular weight excluding hydrogens is 336 g/mol. The summed E-state index contributed by atoms with van der Waals surface area (Å²) in [7, 11) is 0. The number of nitrogens with one attached hydrogen (secondary N) is 2. The lowest BCUT2D eigenvalue weighted by Crippen LogP contribution is -2.62. The van der Waals surface area contributed by atoms with Gasteiger partial charge in [0.15, 0.2) is 5.54 Å². The van der Waals surface area contributed by atoms with E-state index in [1.165, 1.54) is 6.92 Å². The van der Waals surface area contributed by atoms with Crippen molar-refractivity contribution in [3.63, 3.8) is 0 Å². The first-order valence-electron chi connectivity index (χ1n) is 8.39. The molecule has 2 aliphatic heterocycles. The molecule has 0 radical (unpaired) electrons. The van der Waals surface area contributed by atoms with Crippen LogP contribution in [0, 0.1) is 11.8 Å². The van der Waals surface area contributed by atoms with Crippen molar-refractivity contribution in [2.24, 2.45) is 11.8 Å². The number of amides is 2. The molecule has 0 aromatic heterocycles. The summed E-state index contributed by atoms with van der Waals surface area (Å²) in [5.41, 5.74) is -1.20. The Kier molecular flexibility index (Phi) is 3.61. The van der Waals surface area contributed by atoms with Gasteiger partial charge >= 0.3 is 5.97 Å². The molecule has 7 heteroatoms. The molecule has 2 saturated heterocycles. The van der Waals surface area contributed by atoms with E-state index >= 15 is 0 Å². The van der Waals surface area contributed by atoms with Gasteiger partial charge in [0.2, 0.25) is 11.8 Å². The second-order valence-electron chi connectivity index (χ2n) is 6.90. The first kappa shape index (κ1) is 16.7. The third-order valence-corrected chi connectivity index (χ3v) is 5.61. The van der Waals surface area contributed by atoms with E-state index in [-0.39, 0.29) is 0 Å². The number of benzene rings is 2. The van der Waals surface area contributed by atoms with Crippen LogP contribution in [-0.2, 0) is 14.4 Å². The Morgan fingerprint density at radius 1 is 1.12 bits per heavy atom. The van der Waals surface area contributed by atoms with E-state index in [4.69, 9.17) is 0 Å². The summed E-state index contributed by atoms with van der Waals surface area (Å²) in [5.74, 6) is -4.63. The van der Waals surface area contributed by atoms with Crippen LogP contribution in [0.15, 0.2) is 42.5 Å². The molecule has 2 aliphatic rings. The number of imide groups is 1. The van der Waals surface area contributed by atoms with Crippen LogP contribution in [0.5, 0.6) is 0 Å². The molecule has 0 aliphatic carbocycles. The number of carbonyl (C=O) groups is 3. The van der Waals surface area contributed by atoms with E-state index in [1.54, 1.807) is 0 Å². The van der Waals surface area contributed by atoms with Gasteiger partial charge in [0.1, 0.15) is 0 Å². The fourth-order valence-electron chi connectivity index (χ4n) is 4.41. The molecule has 0 bridgehead atoms. The fraction of sp³-hybridized carbons (Fsp3) is 0.316. The Bertz CT molecular complexity index is 935. The van der Waals surface area contributed by atoms with Crippen molar-refractivity contribution in [1.29, 1.82) is 0 Å². The van der Waals surface area contributed by atoms with Crippen LogP contribution in [-0.4, -0.2) is 39.6 Å². The van der Waals surface area contributed by atoms with Gasteiger partial charge in [0.25, 0.3) is 0 Å². The summed E-state index contributed by atoms with van der Waals surface area (Å²) < 4.78 is 0. The molecule has 5 atom stereocenters. The molecular formula is C19H18N2O5. The van der Waals surface area contributed by atoms with E-state index < -0.39 is 47.3 Å². The van der Waals surface area contributed by atoms with Gasteiger partial charge < -0.3 is 10.2 Å². The molecule has 134 valence electrons.